The molecule has 18 heavy (non-hydrogen) atoms. The first-order valence-corrected chi connectivity index (χ1v) is 7.72. The van der Waals surface area contributed by atoms with Gasteiger partial charge in [0.05, 0.1) is 0 Å². The van der Waals surface area contributed by atoms with Crippen molar-refractivity contribution < 1.29 is 4.79 Å². The predicted octanol–water partition coefficient (Wildman–Crippen LogP) is 2.75. The number of piperidine rings is 1. The molecular formula is C15H28N2O. The third-order valence-corrected chi connectivity index (χ3v) is 4.53. The summed E-state index contributed by atoms with van der Waals surface area (Å²) in [6.45, 7) is 3.34. The monoisotopic (exact) mass is 252 g/mol. The summed E-state index contributed by atoms with van der Waals surface area (Å²) in [5.74, 6) is 0.256. The summed E-state index contributed by atoms with van der Waals surface area (Å²) in [5.41, 5.74) is 0.0787. The van der Waals surface area contributed by atoms with Crippen LogP contribution in [0.25, 0.3) is 0 Å². The van der Waals surface area contributed by atoms with Gasteiger partial charge in [-0.15, -0.1) is 0 Å². The van der Waals surface area contributed by atoms with Crippen LogP contribution in [0.3, 0.4) is 0 Å². The van der Waals surface area contributed by atoms with Gasteiger partial charge in [0, 0.05) is 18.0 Å². The Labute approximate surface area is 111 Å². The summed E-state index contributed by atoms with van der Waals surface area (Å²) in [7, 11) is 0. The quantitative estimate of drug-likeness (QED) is 0.808. The molecule has 2 rings (SSSR count). The molecule has 0 radical (unpaired) electrons. The van der Waals surface area contributed by atoms with Gasteiger partial charge in [-0.1, -0.05) is 25.7 Å². The van der Waals surface area contributed by atoms with E-state index in [1.807, 2.05) is 0 Å². The second-order valence-corrected chi connectivity index (χ2v) is 6.36. The molecule has 0 aromatic carbocycles. The van der Waals surface area contributed by atoms with E-state index < -0.39 is 0 Å². The van der Waals surface area contributed by atoms with E-state index in [0.717, 1.165) is 25.8 Å². The van der Waals surface area contributed by atoms with Crippen LogP contribution in [0.4, 0.5) is 0 Å². The summed E-state index contributed by atoms with van der Waals surface area (Å²) in [6, 6.07) is 0.573. The van der Waals surface area contributed by atoms with Gasteiger partial charge in [-0.05, 0) is 45.6 Å². The SMILES string of the molecule is CC1(NC(=O)CCC2CCCCN2)CCCCC1. The normalized spacial score (nSPS) is 27.7. The molecule has 2 fully saturated rings. The van der Waals surface area contributed by atoms with Crippen LogP contribution in [-0.2, 0) is 4.79 Å². The Morgan fingerprint density at radius 2 is 2.00 bits per heavy atom. The van der Waals surface area contributed by atoms with Crippen LogP contribution in [0, 0.1) is 0 Å². The highest BCUT2D eigenvalue weighted by atomic mass is 16.1. The molecule has 1 aliphatic heterocycles. The van der Waals surface area contributed by atoms with Crippen molar-refractivity contribution in [3.05, 3.63) is 0 Å². The average molecular weight is 252 g/mol. The lowest BCUT2D eigenvalue weighted by Crippen LogP contribution is -2.47. The largest absolute Gasteiger partial charge is 0.351 e. The van der Waals surface area contributed by atoms with E-state index in [0.29, 0.717) is 12.5 Å². The van der Waals surface area contributed by atoms with Crippen molar-refractivity contribution in [2.45, 2.75) is 82.7 Å². The molecule has 1 atom stereocenters. The lowest BCUT2D eigenvalue weighted by molar-refractivity contribution is -0.123. The molecule has 1 saturated heterocycles. The van der Waals surface area contributed by atoms with Crippen LogP contribution in [0.1, 0.15) is 71.1 Å². The van der Waals surface area contributed by atoms with Gasteiger partial charge in [-0.3, -0.25) is 4.79 Å². The van der Waals surface area contributed by atoms with E-state index >= 15 is 0 Å². The highest BCUT2D eigenvalue weighted by molar-refractivity contribution is 5.76. The summed E-state index contributed by atoms with van der Waals surface area (Å²) in [6.07, 6.45) is 11.7. The number of carbonyl (C=O) groups is 1. The number of carbonyl (C=O) groups excluding carboxylic acids is 1. The Morgan fingerprint density at radius 1 is 1.22 bits per heavy atom. The van der Waals surface area contributed by atoms with E-state index in [4.69, 9.17) is 0 Å². The minimum atomic E-state index is 0.0787. The fourth-order valence-electron chi connectivity index (χ4n) is 3.33. The first kappa shape index (κ1) is 13.9. The molecule has 0 aromatic heterocycles. The standard InChI is InChI=1S/C15H28N2O/c1-15(10-4-2-5-11-15)17-14(18)9-8-13-7-3-6-12-16-13/h13,16H,2-12H2,1H3,(H,17,18). The lowest BCUT2D eigenvalue weighted by Gasteiger charge is -2.34. The Kier molecular flexibility index (Phi) is 5.04. The maximum absolute atomic E-state index is 12.0. The van der Waals surface area contributed by atoms with E-state index in [2.05, 4.69) is 17.6 Å². The molecular weight excluding hydrogens is 224 g/mol. The van der Waals surface area contributed by atoms with E-state index in [1.54, 1.807) is 0 Å². The molecule has 1 unspecified atom stereocenters. The van der Waals surface area contributed by atoms with Crippen LogP contribution >= 0.6 is 0 Å². The van der Waals surface area contributed by atoms with Gasteiger partial charge < -0.3 is 10.6 Å². The minimum Gasteiger partial charge on any atom is -0.351 e. The number of hydrogen-bond acceptors (Lipinski definition) is 2. The Hall–Kier alpha value is -0.570. The molecule has 0 aromatic rings. The van der Waals surface area contributed by atoms with Gasteiger partial charge >= 0.3 is 0 Å². The fourth-order valence-corrected chi connectivity index (χ4v) is 3.33. The van der Waals surface area contributed by atoms with Gasteiger partial charge in [-0.2, -0.15) is 0 Å². The van der Waals surface area contributed by atoms with Crippen LogP contribution < -0.4 is 10.6 Å². The zero-order chi connectivity index (χ0) is 12.8. The smallest absolute Gasteiger partial charge is 0.220 e. The zero-order valence-electron chi connectivity index (χ0n) is 11.8. The van der Waals surface area contributed by atoms with Crippen molar-refractivity contribution in [1.82, 2.24) is 10.6 Å². The van der Waals surface area contributed by atoms with E-state index in [1.165, 1.54) is 38.5 Å². The van der Waals surface area contributed by atoms with Crippen molar-refractivity contribution in [3.63, 3.8) is 0 Å². The first-order valence-electron chi connectivity index (χ1n) is 7.72. The molecule has 0 bridgehead atoms. The molecule has 3 heteroatoms. The molecule has 1 saturated carbocycles. The second-order valence-electron chi connectivity index (χ2n) is 6.36. The van der Waals surface area contributed by atoms with Gasteiger partial charge in [0.2, 0.25) is 5.91 Å². The first-order chi connectivity index (χ1) is 8.68. The number of hydrogen-bond donors (Lipinski definition) is 2. The van der Waals surface area contributed by atoms with Crippen molar-refractivity contribution >= 4 is 5.91 Å². The van der Waals surface area contributed by atoms with Crippen LogP contribution in [0.5, 0.6) is 0 Å². The maximum Gasteiger partial charge on any atom is 0.220 e. The van der Waals surface area contributed by atoms with Gasteiger partial charge in [0.15, 0.2) is 0 Å². The Morgan fingerprint density at radius 3 is 2.67 bits per heavy atom. The summed E-state index contributed by atoms with van der Waals surface area (Å²) >= 11 is 0. The predicted molar refractivity (Wildman–Crippen MR) is 74.5 cm³/mol. The van der Waals surface area contributed by atoms with Crippen LogP contribution in [0.15, 0.2) is 0 Å². The number of rotatable bonds is 4. The highest BCUT2D eigenvalue weighted by Gasteiger charge is 2.28. The van der Waals surface area contributed by atoms with Crippen molar-refractivity contribution in [1.29, 1.82) is 0 Å². The molecule has 1 amide bonds. The maximum atomic E-state index is 12.0. The molecule has 1 aliphatic carbocycles. The third-order valence-electron chi connectivity index (χ3n) is 4.53. The van der Waals surface area contributed by atoms with Crippen molar-refractivity contribution in [3.8, 4) is 0 Å². The Bertz CT molecular complexity index is 266. The number of nitrogens with one attached hydrogen (secondary N) is 2. The van der Waals surface area contributed by atoms with Crippen molar-refractivity contribution in [2.24, 2.45) is 0 Å². The van der Waals surface area contributed by atoms with Gasteiger partial charge in [0.1, 0.15) is 0 Å². The van der Waals surface area contributed by atoms with Crippen LogP contribution in [0.2, 0.25) is 0 Å². The van der Waals surface area contributed by atoms with E-state index in [9.17, 15) is 4.79 Å². The van der Waals surface area contributed by atoms with Crippen LogP contribution in [-0.4, -0.2) is 24.0 Å². The second kappa shape index (κ2) is 6.55. The topological polar surface area (TPSA) is 41.1 Å². The molecule has 104 valence electrons. The van der Waals surface area contributed by atoms with Crippen molar-refractivity contribution in [2.75, 3.05) is 6.54 Å². The fraction of sp³-hybridized carbons (Fsp3) is 0.933. The molecule has 0 spiro atoms. The summed E-state index contributed by atoms with van der Waals surface area (Å²) in [5, 5.41) is 6.78. The highest BCUT2D eigenvalue weighted by Crippen LogP contribution is 2.27. The average Bonchev–Trinajstić information content (AvgIpc) is 2.38. The minimum absolute atomic E-state index is 0.0787. The van der Waals surface area contributed by atoms with Gasteiger partial charge in [0.25, 0.3) is 0 Å². The summed E-state index contributed by atoms with van der Waals surface area (Å²) in [4.78, 5) is 12.0. The lowest BCUT2D eigenvalue weighted by atomic mass is 9.83. The molecule has 2 N–H and O–H groups in total. The van der Waals surface area contributed by atoms with Gasteiger partial charge in [-0.25, -0.2) is 0 Å². The third kappa shape index (κ3) is 4.27. The molecule has 3 nitrogen and oxygen atoms in total. The summed E-state index contributed by atoms with van der Waals surface area (Å²) < 4.78 is 0. The molecule has 2 aliphatic rings. The zero-order valence-corrected chi connectivity index (χ0v) is 11.8. The molecule has 1 heterocycles. The van der Waals surface area contributed by atoms with E-state index in [-0.39, 0.29) is 11.4 Å². The Balaban J connectivity index is 1.67. The number of amides is 1.